The van der Waals surface area contributed by atoms with E-state index in [-0.39, 0.29) is 62.9 Å². The van der Waals surface area contributed by atoms with Gasteiger partial charge in [0.2, 0.25) is 0 Å². The van der Waals surface area contributed by atoms with E-state index >= 15 is 0 Å². The Labute approximate surface area is 194 Å². The van der Waals surface area contributed by atoms with Crippen molar-refractivity contribution in [2.75, 3.05) is 7.11 Å². The Morgan fingerprint density at radius 1 is 0.786 bits per heavy atom. The molecule has 4 atom stereocenters. The largest absolute Gasteiger partial charge is 1.00 e. The molecule has 8 rings (SSSR count). The van der Waals surface area contributed by atoms with Gasteiger partial charge in [-0.15, -0.1) is 0 Å². The summed E-state index contributed by atoms with van der Waals surface area (Å²) in [7, 11) is 1.00. The molecule has 4 unspecified atom stereocenters. The van der Waals surface area contributed by atoms with Gasteiger partial charge in [-0.2, -0.15) is 0 Å². The monoisotopic (exact) mass is 401 g/mol. The summed E-state index contributed by atoms with van der Waals surface area (Å²) in [4.78, 5) is 11.6. The van der Waals surface area contributed by atoms with Crippen molar-refractivity contribution in [2.24, 2.45) is 35.5 Å². The first-order chi connectivity index (χ1) is 12.3. The van der Waals surface area contributed by atoms with Crippen LogP contribution in [-0.4, -0.2) is 59.0 Å². The second-order valence-electron chi connectivity index (χ2n) is 10.2. The van der Waals surface area contributed by atoms with Crippen LogP contribution in [0.2, 0.25) is 0 Å². The molecule has 0 aromatic carbocycles. The molecule has 8 aliphatic carbocycles. The molecule has 8 aliphatic rings. The maximum absolute atomic E-state index is 11.6. The van der Waals surface area contributed by atoms with Crippen LogP contribution >= 0.6 is 0 Å². The van der Waals surface area contributed by atoms with Crippen molar-refractivity contribution in [3.05, 3.63) is 0 Å². The van der Waals surface area contributed by atoms with E-state index in [9.17, 15) is 20.1 Å². The zero-order valence-electron chi connectivity index (χ0n) is 18.4. The SMILES string of the molecule is CO.O=C1C2CC3CC1CC(O)(C3)C2.OC1C2CC3CC1CC(O)(C3)C2.[B].[H-].[Na+]. The van der Waals surface area contributed by atoms with Gasteiger partial charge in [0, 0.05) is 27.4 Å². The van der Waals surface area contributed by atoms with Crippen LogP contribution in [-0.2, 0) is 4.79 Å². The van der Waals surface area contributed by atoms with Crippen molar-refractivity contribution < 1.29 is 56.2 Å². The second-order valence-corrected chi connectivity index (χ2v) is 10.2. The number of rotatable bonds is 0. The van der Waals surface area contributed by atoms with Crippen LogP contribution in [0.25, 0.3) is 0 Å². The fourth-order valence-electron chi connectivity index (χ4n) is 7.66. The maximum Gasteiger partial charge on any atom is 1.00 e. The van der Waals surface area contributed by atoms with Gasteiger partial charge in [0.05, 0.1) is 17.3 Å². The van der Waals surface area contributed by atoms with E-state index in [0.717, 1.165) is 64.4 Å². The number of hydrogen-bond acceptors (Lipinski definition) is 5. The normalized spacial score (nSPS) is 51.2. The molecule has 0 aromatic heterocycles. The third-order valence-corrected chi connectivity index (χ3v) is 8.15. The summed E-state index contributed by atoms with van der Waals surface area (Å²) in [5, 5.41) is 37.0. The summed E-state index contributed by atoms with van der Waals surface area (Å²) >= 11 is 0. The average molecular weight is 401 g/mol. The molecule has 0 heterocycles. The Bertz CT molecular complexity index is 545. The summed E-state index contributed by atoms with van der Waals surface area (Å²) in [6, 6.07) is 0. The number of carbonyl (C=O) groups excluding carboxylic acids is 1. The van der Waals surface area contributed by atoms with E-state index in [1.54, 1.807) is 0 Å². The van der Waals surface area contributed by atoms with Gasteiger partial charge in [0.25, 0.3) is 0 Å². The summed E-state index contributed by atoms with van der Waals surface area (Å²) in [6.45, 7) is 0. The van der Waals surface area contributed by atoms with Gasteiger partial charge < -0.3 is 21.9 Å². The van der Waals surface area contributed by atoms with E-state index in [1.165, 1.54) is 12.8 Å². The Kier molecular flexibility index (Phi) is 7.96. The Morgan fingerprint density at radius 2 is 1.18 bits per heavy atom. The van der Waals surface area contributed by atoms with E-state index in [0.29, 0.717) is 23.5 Å². The van der Waals surface area contributed by atoms with Crippen LogP contribution in [0.1, 0.15) is 65.6 Å². The first-order valence-corrected chi connectivity index (χ1v) is 10.4. The topological polar surface area (TPSA) is 98.0 Å². The molecule has 0 amide bonds. The van der Waals surface area contributed by atoms with Crippen molar-refractivity contribution in [2.45, 2.75) is 81.5 Å². The van der Waals surface area contributed by atoms with E-state index < -0.39 is 5.60 Å². The van der Waals surface area contributed by atoms with Crippen molar-refractivity contribution >= 4 is 14.2 Å². The first-order valence-electron chi connectivity index (χ1n) is 10.4. The van der Waals surface area contributed by atoms with Crippen LogP contribution in [0, 0.1) is 35.5 Å². The van der Waals surface area contributed by atoms with E-state index in [2.05, 4.69) is 0 Å². The van der Waals surface area contributed by atoms with Gasteiger partial charge >= 0.3 is 29.6 Å². The van der Waals surface area contributed by atoms with Gasteiger partial charge in [-0.3, -0.25) is 4.79 Å². The summed E-state index contributed by atoms with van der Waals surface area (Å²) in [5.74, 6) is 3.11. The Balaban J connectivity index is 0.000000244. The predicted octanol–water partition coefficient (Wildman–Crippen LogP) is -1.61. The molecule has 153 valence electrons. The number of Topliss-reactive ketones (excluding diaryl/α,β-unsaturated/α-hetero) is 1. The predicted molar refractivity (Wildman–Crippen MR) is 103 cm³/mol. The molecule has 8 fully saturated rings. The van der Waals surface area contributed by atoms with Gasteiger partial charge in [-0.05, 0) is 87.9 Å². The van der Waals surface area contributed by atoms with Crippen molar-refractivity contribution in [1.29, 1.82) is 0 Å². The Morgan fingerprint density at radius 3 is 1.57 bits per heavy atom. The number of aliphatic hydroxyl groups excluding tert-OH is 2. The minimum atomic E-state index is -0.440. The van der Waals surface area contributed by atoms with Gasteiger partial charge in [-0.25, -0.2) is 0 Å². The second kappa shape index (κ2) is 8.98. The maximum atomic E-state index is 11.6. The number of aliphatic hydroxyl groups is 4. The van der Waals surface area contributed by atoms with Crippen LogP contribution < -0.4 is 29.6 Å². The third-order valence-electron chi connectivity index (χ3n) is 8.15. The summed E-state index contributed by atoms with van der Waals surface area (Å²) < 4.78 is 0. The number of ketones is 1. The minimum absolute atomic E-state index is 0. The standard InChI is InChI=1S/C10H16O2.C10H14O2.CH4O.B.Na.H/c2*11-9-7-1-6-2-8(9)5-10(12,3-6)4-7;1-2;;;/h6-9,11-12H,1-5H2;6-8,12H,1-5H2;2H,1H3;;;/q;;;;+1;-1. The molecular formula is C21H35BNaO5. The van der Waals surface area contributed by atoms with Gasteiger partial charge in [0.15, 0.2) is 0 Å². The first kappa shape index (κ1) is 24.8. The van der Waals surface area contributed by atoms with Gasteiger partial charge in [0.1, 0.15) is 5.78 Å². The number of carbonyl (C=O) groups is 1. The fourth-order valence-corrected chi connectivity index (χ4v) is 7.66. The summed E-state index contributed by atoms with van der Waals surface area (Å²) in [5.41, 5.74) is -0.819. The molecule has 8 bridgehead atoms. The molecule has 7 heteroatoms. The van der Waals surface area contributed by atoms with Crippen molar-refractivity contribution in [1.82, 2.24) is 0 Å². The average Bonchev–Trinajstić information content (AvgIpc) is 2.57. The molecule has 4 N–H and O–H groups in total. The van der Waals surface area contributed by atoms with Gasteiger partial charge in [-0.1, -0.05) is 0 Å². The van der Waals surface area contributed by atoms with E-state index in [1.807, 2.05) is 0 Å². The zero-order chi connectivity index (χ0) is 18.7. The van der Waals surface area contributed by atoms with Crippen LogP contribution in [0.4, 0.5) is 0 Å². The zero-order valence-corrected chi connectivity index (χ0v) is 19.4. The third kappa shape index (κ3) is 4.44. The Hall–Kier alpha value is 0.575. The van der Waals surface area contributed by atoms with E-state index in [4.69, 9.17) is 5.11 Å². The molecule has 3 radical (unpaired) electrons. The minimum Gasteiger partial charge on any atom is -1.00 e. The molecule has 0 saturated heterocycles. The van der Waals surface area contributed by atoms with Crippen molar-refractivity contribution in [3.8, 4) is 0 Å². The number of hydrogen-bond donors (Lipinski definition) is 4. The van der Waals surface area contributed by atoms with Crippen LogP contribution in [0.5, 0.6) is 0 Å². The molecule has 0 aliphatic heterocycles. The fraction of sp³-hybridized carbons (Fsp3) is 0.952. The quantitative estimate of drug-likeness (QED) is 0.366. The molecule has 0 spiro atoms. The molecular weight excluding hydrogens is 366 g/mol. The smallest absolute Gasteiger partial charge is 1.00 e. The summed E-state index contributed by atoms with van der Waals surface area (Å²) in [6.07, 6.45) is 9.59. The molecule has 8 saturated carbocycles. The van der Waals surface area contributed by atoms with Crippen molar-refractivity contribution in [3.63, 3.8) is 0 Å². The van der Waals surface area contributed by atoms with Crippen LogP contribution in [0.15, 0.2) is 0 Å². The van der Waals surface area contributed by atoms with Crippen LogP contribution in [0.3, 0.4) is 0 Å². The molecule has 0 aromatic rings. The molecule has 28 heavy (non-hydrogen) atoms. The molecule has 5 nitrogen and oxygen atoms in total.